The fraction of sp³-hybridized carbons (Fsp3) is 0.235. The summed E-state index contributed by atoms with van der Waals surface area (Å²) in [5.41, 5.74) is 2.60. The molecule has 23 heavy (non-hydrogen) atoms. The number of carbonyl (C=O) groups is 1. The number of nitrogens with one attached hydrogen (secondary N) is 1. The second-order valence-corrected chi connectivity index (χ2v) is 5.65. The minimum Gasteiger partial charge on any atom is -0.478 e. The summed E-state index contributed by atoms with van der Waals surface area (Å²) < 4.78 is 0. The molecule has 1 aromatic carbocycles. The summed E-state index contributed by atoms with van der Waals surface area (Å²) >= 11 is 5.13. The van der Waals surface area contributed by atoms with E-state index in [2.05, 4.69) is 10.3 Å². The fourth-order valence-electron chi connectivity index (χ4n) is 2.15. The van der Waals surface area contributed by atoms with Crippen molar-refractivity contribution in [3.8, 4) is 0 Å². The average Bonchev–Trinajstić information content (AvgIpc) is 2.55. The van der Waals surface area contributed by atoms with Crippen LogP contribution in [0, 0.1) is 0 Å². The molecule has 0 saturated carbocycles. The maximum Gasteiger partial charge on any atom is 0.337 e. The van der Waals surface area contributed by atoms with E-state index in [1.165, 1.54) is 0 Å². The van der Waals surface area contributed by atoms with Crippen molar-refractivity contribution in [2.75, 3.05) is 17.3 Å². The normalized spacial score (nSPS) is 10.2. The fourth-order valence-corrected chi connectivity index (χ4v) is 2.26. The van der Waals surface area contributed by atoms with Crippen LogP contribution in [0.4, 0.5) is 11.4 Å². The summed E-state index contributed by atoms with van der Waals surface area (Å²) in [6.45, 7) is 2.57. The molecule has 0 radical (unpaired) electrons. The predicted molar refractivity (Wildman–Crippen MR) is 96.3 cm³/mol. The maximum atomic E-state index is 11.5. The maximum absolute atomic E-state index is 11.5. The van der Waals surface area contributed by atoms with Gasteiger partial charge in [0.2, 0.25) is 0 Å². The standard InChI is InChI=1S/C17H19N3O2S/c1-3-16(23)19-15-7-6-13(9-14(15)17(21)22)20(2)11-12-5-4-8-18-10-12/h4-10H,3,11H2,1-2H3,(H,19,23)(H,21,22). The highest BCUT2D eigenvalue weighted by Crippen LogP contribution is 2.24. The third kappa shape index (κ3) is 4.50. The van der Waals surface area contributed by atoms with Gasteiger partial charge in [-0.2, -0.15) is 0 Å². The van der Waals surface area contributed by atoms with Gasteiger partial charge >= 0.3 is 5.97 Å². The van der Waals surface area contributed by atoms with E-state index in [0.717, 1.165) is 11.3 Å². The number of aromatic carboxylic acids is 1. The van der Waals surface area contributed by atoms with Crippen LogP contribution in [0.3, 0.4) is 0 Å². The largest absolute Gasteiger partial charge is 0.478 e. The van der Waals surface area contributed by atoms with E-state index in [9.17, 15) is 9.90 Å². The quantitative estimate of drug-likeness (QED) is 0.790. The molecule has 6 heteroatoms. The Labute approximate surface area is 141 Å². The molecule has 2 rings (SSSR count). The Bertz CT molecular complexity index is 704. The zero-order chi connectivity index (χ0) is 16.8. The van der Waals surface area contributed by atoms with Crippen molar-refractivity contribution in [2.45, 2.75) is 19.9 Å². The second-order valence-electron chi connectivity index (χ2n) is 5.15. The lowest BCUT2D eigenvalue weighted by atomic mass is 10.1. The van der Waals surface area contributed by atoms with Crippen LogP contribution in [0.5, 0.6) is 0 Å². The third-order valence-electron chi connectivity index (χ3n) is 3.41. The predicted octanol–water partition coefficient (Wildman–Crippen LogP) is 3.57. The lowest BCUT2D eigenvalue weighted by molar-refractivity contribution is 0.0698. The van der Waals surface area contributed by atoms with Crippen molar-refractivity contribution in [2.24, 2.45) is 0 Å². The van der Waals surface area contributed by atoms with Crippen LogP contribution < -0.4 is 10.2 Å². The number of anilines is 2. The van der Waals surface area contributed by atoms with Crippen LogP contribution in [0.25, 0.3) is 0 Å². The summed E-state index contributed by atoms with van der Waals surface area (Å²) in [6.07, 6.45) is 4.18. The Hall–Kier alpha value is -2.47. The molecule has 0 aliphatic carbocycles. The van der Waals surface area contributed by atoms with Crippen molar-refractivity contribution in [1.82, 2.24) is 4.98 Å². The number of thiocarbonyl (C=S) groups is 1. The zero-order valence-electron chi connectivity index (χ0n) is 13.1. The van der Waals surface area contributed by atoms with E-state index in [1.54, 1.807) is 24.5 Å². The molecule has 0 bridgehead atoms. The number of rotatable bonds is 6. The van der Waals surface area contributed by atoms with E-state index >= 15 is 0 Å². The zero-order valence-corrected chi connectivity index (χ0v) is 13.9. The molecule has 2 N–H and O–H groups in total. The van der Waals surface area contributed by atoms with Gasteiger partial charge in [0, 0.05) is 31.7 Å². The lowest BCUT2D eigenvalue weighted by Gasteiger charge is -2.21. The van der Waals surface area contributed by atoms with Crippen molar-refractivity contribution >= 4 is 34.6 Å². The highest BCUT2D eigenvalue weighted by Gasteiger charge is 2.13. The van der Waals surface area contributed by atoms with Crippen molar-refractivity contribution < 1.29 is 9.90 Å². The molecule has 0 fully saturated rings. The second kappa shape index (κ2) is 7.69. The molecule has 0 aliphatic heterocycles. The third-order valence-corrected chi connectivity index (χ3v) is 3.80. The molecule has 1 aromatic heterocycles. The first-order valence-corrected chi connectivity index (χ1v) is 7.69. The molecule has 0 spiro atoms. The lowest BCUT2D eigenvalue weighted by Crippen LogP contribution is -2.18. The van der Waals surface area contributed by atoms with Crippen molar-refractivity contribution in [3.63, 3.8) is 0 Å². The molecule has 5 nitrogen and oxygen atoms in total. The van der Waals surface area contributed by atoms with Crippen molar-refractivity contribution in [3.05, 3.63) is 53.9 Å². The number of carboxylic acid groups (broad SMARTS) is 1. The van der Waals surface area contributed by atoms with Gasteiger partial charge < -0.3 is 15.3 Å². The van der Waals surface area contributed by atoms with Crippen LogP contribution in [-0.2, 0) is 6.54 Å². The Morgan fingerprint density at radius 2 is 2.17 bits per heavy atom. The van der Waals surface area contributed by atoms with Gasteiger partial charge in [0.05, 0.1) is 16.2 Å². The monoisotopic (exact) mass is 329 g/mol. The minimum absolute atomic E-state index is 0.205. The van der Waals surface area contributed by atoms with E-state index < -0.39 is 5.97 Å². The van der Waals surface area contributed by atoms with E-state index in [4.69, 9.17) is 12.2 Å². The molecular formula is C17H19N3O2S. The summed E-state index contributed by atoms with van der Waals surface area (Å²) in [5.74, 6) is -0.983. The Balaban J connectivity index is 2.24. The topological polar surface area (TPSA) is 65.5 Å². The van der Waals surface area contributed by atoms with Crippen LogP contribution in [0.15, 0.2) is 42.7 Å². The van der Waals surface area contributed by atoms with E-state index in [0.29, 0.717) is 23.6 Å². The summed E-state index contributed by atoms with van der Waals surface area (Å²) in [5, 5.41) is 12.4. The molecule has 0 saturated heterocycles. The molecular weight excluding hydrogens is 310 g/mol. The van der Waals surface area contributed by atoms with Gasteiger partial charge in [0.15, 0.2) is 0 Å². The number of pyridine rings is 1. The summed E-state index contributed by atoms with van der Waals surface area (Å²) in [7, 11) is 1.91. The van der Waals surface area contributed by atoms with Crippen LogP contribution in [0.1, 0.15) is 29.3 Å². The number of aromatic nitrogens is 1. The molecule has 0 unspecified atom stereocenters. The van der Waals surface area contributed by atoms with Crippen LogP contribution in [0.2, 0.25) is 0 Å². The Morgan fingerprint density at radius 3 is 2.78 bits per heavy atom. The molecule has 1 heterocycles. The molecule has 0 amide bonds. The first-order chi connectivity index (χ1) is 11.0. The molecule has 0 aliphatic rings. The van der Waals surface area contributed by atoms with Gasteiger partial charge in [0.1, 0.15) is 0 Å². The van der Waals surface area contributed by atoms with Gasteiger partial charge in [-0.3, -0.25) is 4.98 Å². The average molecular weight is 329 g/mol. The first kappa shape index (κ1) is 16.9. The van der Waals surface area contributed by atoms with Gasteiger partial charge in [-0.1, -0.05) is 25.2 Å². The highest BCUT2D eigenvalue weighted by molar-refractivity contribution is 7.80. The summed E-state index contributed by atoms with van der Waals surface area (Å²) in [6, 6.07) is 9.14. The Kier molecular flexibility index (Phi) is 5.65. The van der Waals surface area contributed by atoms with Gasteiger partial charge in [-0.25, -0.2) is 4.79 Å². The van der Waals surface area contributed by atoms with E-state index in [1.807, 2.05) is 37.1 Å². The molecule has 2 aromatic rings. The molecule has 0 atom stereocenters. The molecule has 120 valence electrons. The minimum atomic E-state index is -0.983. The SMILES string of the molecule is CCC(=S)Nc1ccc(N(C)Cc2cccnc2)cc1C(=O)O. The summed E-state index contributed by atoms with van der Waals surface area (Å²) in [4.78, 5) is 18.2. The highest BCUT2D eigenvalue weighted by atomic mass is 32.1. The van der Waals surface area contributed by atoms with Gasteiger partial charge in [-0.15, -0.1) is 0 Å². The number of benzene rings is 1. The number of hydrogen-bond acceptors (Lipinski definition) is 4. The number of nitrogens with zero attached hydrogens (tertiary/aromatic N) is 2. The number of carboxylic acids is 1. The van der Waals surface area contributed by atoms with Crippen LogP contribution >= 0.6 is 12.2 Å². The Morgan fingerprint density at radius 1 is 1.39 bits per heavy atom. The smallest absolute Gasteiger partial charge is 0.337 e. The number of hydrogen-bond donors (Lipinski definition) is 2. The van der Waals surface area contributed by atoms with Gasteiger partial charge in [-0.05, 0) is 36.2 Å². The van der Waals surface area contributed by atoms with Crippen molar-refractivity contribution in [1.29, 1.82) is 0 Å². The van der Waals surface area contributed by atoms with Crippen LogP contribution in [-0.4, -0.2) is 28.1 Å². The van der Waals surface area contributed by atoms with Gasteiger partial charge in [0.25, 0.3) is 0 Å². The van der Waals surface area contributed by atoms with E-state index in [-0.39, 0.29) is 5.56 Å². The first-order valence-electron chi connectivity index (χ1n) is 7.28.